The molecule has 1 atom stereocenters. The van der Waals surface area contributed by atoms with Gasteiger partial charge in [-0.25, -0.2) is 4.39 Å². The minimum Gasteiger partial charge on any atom is -0.392 e. The molecule has 0 aliphatic carbocycles. The first-order valence-electron chi connectivity index (χ1n) is 4.27. The first-order chi connectivity index (χ1) is 6.13. The molecule has 3 heteroatoms. The Hall–Kier alpha value is -0.930. The predicted octanol–water partition coefficient (Wildman–Crippen LogP) is 1.21. The van der Waals surface area contributed by atoms with Gasteiger partial charge in [-0.3, -0.25) is 0 Å². The van der Waals surface area contributed by atoms with E-state index in [4.69, 9.17) is 10.8 Å². The molecule has 1 unspecified atom stereocenters. The molecule has 0 aliphatic rings. The van der Waals surface area contributed by atoms with Gasteiger partial charge in [0.1, 0.15) is 5.82 Å². The van der Waals surface area contributed by atoms with Crippen molar-refractivity contribution in [2.45, 2.75) is 26.0 Å². The lowest BCUT2D eigenvalue weighted by Crippen LogP contribution is -2.17. The second-order valence-electron chi connectivity index (χ2n) is 3.27. The summed E-state index contributed by atoms with van der Waals surface area (Å²) in [6, 6.07) is 4.76. The van der Waals surface area contributed by atoms with Crippen molar-refractivity contribution in [3.63, 3.8) is 0 Å². The molecule has 1 aromatic carbocycles. The number of halogens is 1. The quantitative estimate of drug-likeness (QED) is 0.739. The number of hydrogen-bond acceptors (Lipinski definition) is 2. The Morgan fingerprint density at radius 1 is 1.54 bits per heavy atom. The van der Waals surface area contributed by atoms with Crippen molar-refractivity contribution >= 4 is 0 Å². The normalized spacial score (nSPS) is 12.9. The van der Waals surface area contributed by atoms with E-state index in [9.17, 15) is 4.39 Å². The van der Waals surface area contributed by atoms with E-state index in [2.05, 4.69) is 0 Å². The average Bonchev–Trinajstić information content (AvgIpc) is 2.07. The van der Waals surface area contributed by atoms with E-state index in [1.54, 1.807) is 12.1 Å². The molecule has 0 aliphatic heterocycles. The second kappa shape index (κ2) is 4.35. The van der Waals surface area contributed by atoms with Crippen LogP contribution >= 0.6 is 0 Å². The zero-order valence-electron chi connectivity index (χ0n) is 7.63. The molecule has 0 saturated heterocycles. The Balaban J connectivity index is 2.86. The van der Waals surface area contributed by atoms with Crippen LogP contribution in [0.2, 0.25) is 0 Å². The van der Waals surface area contributed by atoms with E-state index < -0.39 is 0 Å². The van der Waals surface area contributed by atoms with Crippen LogP contribution in [0.4, 0.5) is 4.39 Å². The van der Waals surface area contributed by atoms with Crippen LogP contribution in [-0.2, 0) is 13.0 Å². The Kier molecular flexibility index (Phi) is 3.39. The fourth-order valence-electron chi connectivity index (χ4n) is 1.25. The van der Waals surface area contributed by atoms with Crippen molar-refractivity contribution < 1.29 is 9.50 Å². The molecule has 13 heavy (non-hydrogen) atoms. The molecule has 0 fully saturated rings. The molecule has 0 spiro atoms. The van der Waals surface area contributed by atoms with Gasteiger partial charge < -0.3 is 10.8 Å². The summed E-state index contributed by atoms with van der Waals surface area (Å²) >= 11 is 0. The number of aliphatic hydroxyl groups excluding tert-OH is 1. The lowest BCUT2D eigenvalue weighted by molar-refractivity contribution is 0.275. The first-order valence-corrected chi connectivity index (χ1v) is 4.27. The molecule has 0 radical (unpaired) electrons. The highest BCUT2D eigenvalue weighted by Crippen LogP contribution is 2.11. The minimum absolute atomic E-state index is 0.0528. The van der Waals surface area contributed by atoms with Gasteiger partial charge in [0.05, 0.1) is 6.61 Å². The maximum absolute atomic E-state index is 12.9. The number of rotatable bonds is 3. The topological polar surface area (TPSA) is 46.2 Å². The smallest absolute Gasteiger partial charge is 0.128 e. The summed E-state index contributed by atoms with van der Waals surface area (Å²) in [5.74, 6) is -0.365. The van der Waals surface area contributed by atoms with Crippen LogP contribution in [-0.4, -0.2) is 11.1 Å². The fraction of sp³-hybridized carbons (Fsp3) is 0.400. The standard InChI is InChI=1S/C10H14FNO/c1-7(12)4-8-2-3-10(11)9(5-8)6-13/h2-3,5,7,13H,4,6,12H2,1H3. The molecule has 0 bridgehead atoms. The van der Waals surface area contributed by atoms with Crippen LogP contribution < -0.4 is 5.73 Å². The van der Waals surface area contributed by atoms with Crippen molar-refractivity contribution in [3.8, 4) is 0 Å². The number of aliphatic hydroxyl groups is 1. The highest BCUT2D eigenvalue weighted by Gasteiger charge is 2.03. The third-order valence-corrected chi connectivity index (χ3v) is 1.84. The minimum atomic E-state index is -0.365. The van der Waals surface area contributed by atoms with Gasteiger partial charge in [0, 0.05) is 11.6 Å². The highest BCUT2D eigenvalue weighted by atomic mass is 19.1. The van der Waals surface area contributed by atoms with Gasteiger partial charge >= 0.3 is 0 Å². The Bertz CT molecular complexity index is 286. The summed E-state index contributed by atoms with van der Waals surface area (Å²) in [5.41, 5.74) is 6.89. The van der Waals surface area contributed by atoms with Crippen LogP contribution in [0.1, 0.15) is 18.1 Å². The molecule has 0 saturated carbocycles. The van der Waals surface area contributed by atoms with Gasteiger partial charge in [-0.05, 0) is 25.0 Å². The van der Waals surface area contributed by atoms with E-state index in [1.807, 2.05) is 6.92 Å². The van der Waals surface area contributed by atoms with Crippen LogP contribution in [0.15, 0.2) is 18.2 Å². The predicted molar refractivity (Wildman–Crippen MR) is 49.7 cm³/mol. The fourth-order valence-corrected chi connectivity index (χ4v) is 1.25. The summed E-state index contributed by atoms with van der Waals surface area (Å²) in [4.78, 5) is 0. The number of nitrogens with two attached hydrogens (primary N) is 1. The second-order valence-corrected chi connectivity index (χ2v) is 3.27. The zero-order chi connectivity index (χ0) is 9.84. The van der Waals surface area contributed by atoms with Crippen LogP contribution in [0.25, 0.3) is 0 Å². The molecule has 0 amide bonds. The van der Waals surface area contributed by atoms with Crippen molar-refractivity contribution in [2.24, 2.45) is 5.73 Å². The maximum Gasteiger partial charge on any atom is 0.128 e. The summed E-state index contributed by atoms with van der Waals surface area (Å²) in [6.07, 6.45) is 0.702. The van der Waals surface area contributed by atoms with Crippen molar-refractivity contribution in [2.75, 3.05) is 0 Å². The molecule has 1 aromatic rings. The summed E-state index contributed by atoms with van der Waals surface area (Å²) in [6.45, 7) is 1.63. The van der Waals surface area contributed by atoms with Crippen molar-refractivity contribution in [3.05, 3.63) is 35.1 Å². The average molecular weight is 183 g/mol. The summed E-state index contributed by atoms with van der Waals surface area (Å²) in [5, 5.41) is 8.81. The monoisotopic (exact) mass is 183 g/mol. The molecular formula is C10H14FNO. The van der Waals surface area contributed by atoms with E-state index in [-0.39, 0.29) is 18.5 Å². The molecule has 72 valence electrons. The zero-order valence-corrected chi connectivity index (χ0v) is 7.63. The SMILES string of the molecule is CC(N)Cc1ccc(F)c(CO)c1. The molecular weight excluding hydrogens is 169 g/mol. The summed E-state index contributed by atoms with van der Waals surface area (Å²) < 4.78 is 12.9. The van der Waals surface area contributed by atoms with Crippen LogP contribution in [0.3, 0.4) is 0 Å². The Morgan fingerprint density at radius 3 is 2.77 bits per heavy atom. The van der Waals surface area contributed by atoms with Gasteiger partial charge in [-0.2, -0.15) is 0 Å². The summed E-state index contributed by atoms with van der Waals surface area (Å²) in [7, 11) is 0. The van der Waals surface area contributed by atoms with Gasteiger partial charge in [-0.1, -0.05) is 12.1 Å². The van der Waals surface area contributed by atoms with Gasteiger partial charge in [0.15, 0.2) is 0 Å². The van der Waals surface area contributed by atoms with E-state index in [1.165, 1.54) is 6.07 Å². The Labute approximate surface area is 77.2 Å². The van der Waals surface area contributed by atoms with E-state index in [0.717, 1.165) is 5.56 Å². The van der Waals surface area contributed by atoms with Crippen LogP contribution in [0, 0.1) is 5.82 Å². The first kappa shape index (κ1) is 10.2. The molecule has 1 rings (SSSR count). The van der Waals surface area contributed by atoms with Gasteiger partial charge in [-0.15, -0.1) is 0 Å². The van der Waals surface area contributed by atoms with Crippen LogP contribution in [0.5, 0.6) is 0 Å². The largest absolute Gasteiger partial charge is 0.392 e. The lowest BCUT2D eigenvalue weighted by atomic mass is 10.0. The van der Waals surface area contributed by atoms with Gasteiger partial charge in [0.25, 0.3) is 0 Å². The third-order valence-electron chi connectivity index (χ3n) is 1.84. The molecule has 3 N–H and O–H groups in total. The third kappa shape index (κ3) is 2.79. The van der Waals surface area contributed by atoms with E-state index >= 15 is 0 Å². The van der Waals surface area contributed by atoms with E-state index in [0.29, 0.717) is 12.0 Å². The lowest BCUT2D eigenvalue weighted by Gasteiger charge is -2.07. The number of hydrogen-bond donors (Lipinski definition) is 2. The van der Waals surface area contributed by atoms with Crippen molar-refractivity contribution in [1.29, 1.82) is 0 Å². The maximum atomic E-state index is 12.9. The van der Waals surface area contributed by atoms with Gasteiger partial charge in [0.2, 0.25) is 0 Å². The number of benzene rings is 1. The van der Waals surface area contributed by atoms with Crippen molar-refractivity contribution in [1.82, 2.24) is 0 Å². The molecule has 0 heterocycles. The Morgan fingerprint density at radius 2 is 2.23 bits per heavy atom. The molecule has 2 nitrogen and oxygen atoms in total. The highest BCUT2D eigenvalue weighted by molar-refractivity contribution is 5.25. The molecule has 0 aromatic heterocycles.